The highest BCUT2D eigenvalue weighted by Gasteiger charge is 2.27. The number of ether oxygens (including phenoxy) is 2. The molecule has 1 aromatic heterocycles. The van der Waals surface area contributed by atoms with Crippen LogP contribution in [-0.2, 0) is 17.8 Å². The molecule has 0 fully saturated rings. The molecule has 0 bridgehead atoms. The van der Waals surface area contributed by atoms with Crippen LogP contribution in [0.25, 0.3) is 22.1 Å². The molecule has 3 N–H and O–H groups in total. The number of fused-ring (bicyclic) bond motifs is 2. The van der Waals surface area contributed by atoms with E-state index in [1.807, 2.05) is 24.3 Å². The molecule has 1 aliphatic rings. The second-order valence-corrected chi connectivity index (χ2v) is 7.69. The third-order valence-electron chi connectivity index (χ3n) is 5.50. The number of aliphatic carboxylic acids is 1. The molecule has 32 heavy (non-hydrogen) atoms. The fraction of sp³-hybridized carbons (Fsp3) is 0.160. The first-order valence-electron chi connectivity index (χ1n) is 10.2. The van der Waals surface area contributed by atoms with Crippen LogP contribution in [0.4, 0.5) is 4.39 Å². The maximum Gasteiger partial charge on any atom is 0.307 e. The molecule has 0 unspecified atom stereocenters. The maximum atomic E-state index is 14.2. The lowest BCUT2D eigenvalue weighted by Gasteiger charge is -2.28. The second-order valence-electron chi connectivity index (χ2n) is 7.69. The lowest BCUT2D eigenvalue weighted by molar-refractivity contribution is -0.136. The van der Waals surface area contributed by atoms with E-state index in [2.05, 4.69) is 0 Å². The first-order valence-corrected chi connectivity index (χ1v) is 10.2. The lowest BCUT2D eigenvalue weighted by atomic mass is 9.96. The number of nitrogens with two attached hydrogens (primary N) is 1. The summed E-state index contributed by atoms with van der Waals surface area (Å²) >= 11 is 0. The van der Waals surface area contributed by atoms with Crippen molar-refractivity contribution in [3.8, 4) is 22.6 Å². The molecule has 1 aliphatic heterocycles. The topological polar surface area (TPSA) is 94.9 Å². The number of carbonyl (C=O) groups is 1. The minimum absolute atomic E-state index is 0.170. The van der Waals surface area contributed by atoms with Crippen molar-refractivity contribution in [2.24, 2.45) is 5.73 Å². The molecule has 5 rings (SSSR count). The van der Waals surface area contributed by atoms with Crippen LogP contribution in [0.15, 0.2) is 65.3 Å². The molecule has 0 spiro atoms. The number of furan rings is 1. The lowest BCUT2D eigenvalue weighted by Crippen LogP contribution is -2.23. The van der Waals surface area contributed by atoms with Gasteiger partial charge in [0.1, 0.15) is 18.0 Å². The van der Waals surface area contributed by atoms with E-state index < -0.39 is 12.1 Å². The average Bonchev–Trinajstić information content (AvgIpc) is 3.26. The van der Waals surface area contributed by atoms with Gasteiger partial charge in [-0.2, -0.15) is 0 Å². The van der Waals surface area contributed by atoms with Crippen molar-refractivity contribution in [1.82, 2.24) is 0 Å². The minimum Gasteiger partial charge on any atom is -0.485 e. The van der Waals surface area contributed by atoms with Crippen LogP contribution in [0.1, 0.15) is 22.8 Å². The smallest absolute Gasteiger partial charge is 0.307 e. The number of hydrogen-bond acceptors (Lipinski definition) is 5. The van der Waals surface area contributed by atoms with E-state index in [0.29, 0.717) is 39.3 Å². The molecule has 2 heterocycles. The van der Waals surface area contributed by atoms with Crippen LogP contribution in [0.3, 0.4) is 0 Å². The highest BCUT2D eigenvalue weighted by atomic mass is 19.1. The zero-order chi connectivity index (χ0) is 22.2. The number of para-hydroxylation sites is 1. The zero-order valence-corrected chi connectivity index (χ0v) is 17.0. The van der Waals surface area contributed by atoms with Crippen LogP contribution in [0, 0.1) is 5.82 Å². The molecule has 162 valence electrons. The van der Waals surface area contributed by atoms with Gasteiger partial charge in [-0.1, -0.05) is 12.1 Å². The third-order valence-corrected chi connectivity index (χ3v) is 5.50. The quantitative estimate of drug-likeness (QED) is 0.468. The van der Waals surface area contributed by atoms with Crippen LogP contribution < -0.4 is 15.2 Å². The van der Waals surface area contributed by atoms with Gasteiger partial charge in [0.05, 0.1) is 12.7 Å². The van der Waals surface area contributed by atoms with Crippen molar-refractivity contribution in [3.05, 3.63) is 83.4 Å². The molecule has 0 amide bonds. The molecule has 0 radical (unpaired) electrons. The van der Waals surface area contributed by atoms with E-state index in [0.717, 1.165) is 10.9 Å². The van der Waals surface area contributed by atoms with Gasteiger partial charge >= 0.3 is 5.97 Å². The normalized spacial score (nSPS) is 15.1. The fourth-order valence-corrected chi connectivity index (χ4v) is 4.05. The number of rotatable bonds is 5. The summed E-state index contributed by atoms with van der Waals surface area (Å²) in [7, 11) is 0. The van der Waals surface area contributed by atoms with Crippen molar-refractivity contribution >= 4 is 16.9 Å². The summed E-state index contributed by atoms with van der Waals surface area (Å²) in [4.78, 5) is 11.3. The van der Waals surface area contributed by atoms with Crippen molar-refractivity contribution in [2.75, 3.05) is 6.61 Å². The van der Waals surface area contributed by atoms with E-state index in [9.17, 15) is 14.3 Å². The Hall–Kier alpha value is -3.84. The first kappa shape index (κ1) is 20.1. The summed E-state index contributed by atoms with van der Waals surface area (Å²) in [6, 6.07) is 15.6. The largest absolute Gasteiger partial charge is 0.485 e. The fourth-order valence-electron chi connectivity index (χ4n) is 4.05. The van der Waals surface area contributed by atoms with Gasteiger partial charge in [-0.15, -0.1) is 0 Å². The number of benzene rings is 3. The molecule has 7 heteroatoms. The van der Waals surface area contributed by atoms with E-state index in [1.54, 1.807) is 24.5 Å². The van der Waals surface area contributed by atoms with E-state index in [-0.39, 0.29) is 25.4 Å². The Balaban J connectivity index is 1.58. The molecule has 6 nitrogen and oxygen atoms in total. The maximum absolute atomic E-state index is 14.2. The number of carboxylic acid groups (broad SMARTS) is 1. The van der Waals surface area contributed by atoms with E-state index in [4.69, 9.17) is 19.6 Å². The van der Waals surface area contributed by atoms with Crippen molar-refractivity contribution in [1.29, 1.82) is 0 Å². The van der Waals surface area contributed by atoms with E-state index in [1.165, 1.54) is 12.1 Å². The Bertz CT molecular complexity index is 1330. The molecular weight excluding hydrogens is 413 g/mol. The first-order chi connectivity index (χ1) is 15.5. The summed E-state index contributed by atoms with van der Waals surface area (Å²) in [6.45, 7) is 0.470. The molecule has 0 saturated heterocycles. The van der Waals surface area contributed by atoms with E-state index >= 15 is 0 Å². The highest BCUT2D eigenvalue weighted by Crippen LogP contribution is 2.41. The van der Waals surface area contributed by atoms with Crippen LogP contribution in [-0.4, -0.2) is 17.7 Å². The van der Waals surface area contributed by atoms with Gasteiger partial charge in [-0.25, -0.2) is 4.39 Å². The van der Waals surface area contributed by atoms with Crippen LogP contribution >= 0.6 is 0 Å². The van der Waals surface area contributed by atoms with Crippen molar-refractivity contribution in [2.45, 2.75) is 19.1 Å². The molecule has 0 aliphatic carbocycles. The Kier molecular flexibility index (Phi) is 5.03. The minimum atomic E-state index is -0.951. The predicted octanol–water partition coefficient (Wildman–Crippen LogP) is 4.84. The predicted molar refractivity (Wildman–Crippen MR) is 116 cm³/mol. The third kappa shape index (κ3) is 3.67. The SMILES string of the molecule is NCc1cc(F)cc(-c2cc([C@@H]3COc4cccc(CC(=O)O)c4O3)cc3ccoc23)c1. The summed E-state index contributed by atoms with van der Waals surface area (Å²) in [5.74, 6) is -0.385. The zero-order valence-electron chi connectivity index (χ0n) is 17.0. The van der Waals surface area contributed by atoms with Gasteiger partial charge < -0.3 is 24.7 Å². The Labute approximate surface area is 183 Å². The molecule has 0 saturated carbocycles. The van der Waals surface area contributed by atoms with Crippen molar-refractivity contribution < 1.29 is 28.2 Å². The summed E-state index contributed by atoms with van der Waals surface area (Å²) in [5.41, 5.74) is 9.75. The standard InChI is InChI=1S/C25H20FNO5/c26-19-7-14(12-27)6-17(9-19)20-10-18(8-16-4-5-30-24(16)20)22-13-31-21-3-1-2-15(11-23(28)29)25(21)32-22/h1-10,22H,11-13,27H2,(H,28,29)/t22-/m0/s1. The number of carboxylic acids is 1. The Morgan fingerprint density at radius 2 is 2.03 bits per heavy atom. The Morgan fingerprint density at radius 1 is 1.16 bits per heavy atom. The van der Waals surface area contributed by atoms with Crippen LogP contribution in [0.5, 0.6) is 11.5 Å². The second kappa shape index (κ2) is 8.01. The van der Waals surface area contributed by atoms with Gasteiger partial charge in [-0.3, -0.25) is 4.79 Å². The molecular formula is C25H20FNO5. The summed E-state index contributed by atoms with van der Waals surface area (Å²) in [5, 5.41) is 10.1. The monoisotopic (exact) mass is 433 g/mol. The summed E-state index contributed by atoms with van der Waals surface area (Å²) in [6.07, 6.45) is 0.939. The summed E-state index contributed by atoms with van der Waals surface area (Å²) < 4.78 is 32.0. The Morgan fingerprint density at radius 3 is 2.84 bits per heavy atom. The van der Waals surface area contributed by atoms with Crippen LogP contribution in [0.2, 0.25) is 0 Å². The highest BCUT2D eigenvalue weighted by molar-refractivity contribution is 5.93. The van der Waals surface area contributed by atoms with Gasteiger partial charge in [0.25, 0.3) is 0 Å². The van der Waals surface area contributed by atoms with Gasteiger partial charge in [0, 0.05) is 23.1 Å². The molecule has 1 atom stereocenters. The molecule has 4 aromatic rings. The average molecular weight is 433 g/mol. The molecule has 3 aromatic carbocycles. The van der Waals surface area contributed by atoms with Gasteiger partial charge in [0.2, 0.25) is 0 Å². The van der Waals surface area contributed by atoms with Crippen molar-refractivity contribution in [3.63, 3.8) is 0 Å². The van der Waals surface area contributed by atoms with Gasteiger partial charge in [0.15, 0.2) is 17.6 Å². The number of hydrogen-bond donors (Lipinski definition) is 2. The van der Waals surface area contributed by atoms with Gasteiger partial charge in [-0.05, 0) is 59.2 Å². The number of halogens is 1.